The highest BCUT2D eigenvalue weighted by atomic mass is 16.5. The van der Waals surface area contributed by atoms with Gasteiger partial charge in [0, 0.05) is 0 Å². The van der Waals surface area contributed by atoms with Crippen LogP contribution >= 0.6 is 0 Å². The zero-order valence-corrected chi connectivity index (χ0v) is 18.5. The summed E-state index contributed by atoms with van der Waals surface area (Å²) in [7, 11) is 0. The predicted molar refractivity (Wildman–Crippen MR) is 137 cm³/mol. The van der Waals surface area contributed by atoms with E-state index in [1.165, 1.54) is 0 Å². The van der Waals surface area contributed by atoms with Crippen LogP contribution in [0.2, 0.25) is 0 Å². The molecule has 4 heteroatoms. The minimum atomic E-state index is 0.400. The first-order chi connectivity index (χ1) is 16.7. The van der Waals surface area contributed by atoms with Gasteiger partial charge in [0.25, 0.3) is 0 Å². The van der Waals surface area contributed by atoms with Gasteiger partial charge in [-0.05, 0) is 89.8 Å². The van der Waals surface area contributed by atoms with E-state index in [-0.39, 0.29) is 0 Å². The Kier molecular flexibility index (Phi) is 7.33. The van der Waals surface area contributed by atoms with Crippen molar-refractivity contribution in [3.8, 4) is 29.1 Å². The second kappa shape index (κ2) is 11.2. The van der Waals surface area contributed by atoms with Crippen molar-refractivity contribution in [1.82, 2.24) is 0 Å². The number of rotatable bonds is 8. The van der Waals surface area contributed by atoms with Crippen LogP contribution in [0.4, 0.5) is 5.69 Å². The van der Waals surface area contributed by atoms with Crippen LogP contribution < -0.4 is 9.47 Å². The smallest absolute Gasteiger partial charge is 0.127 e. The van der Waals surface area contributed by atoms with Gasteiger partial charge in [0.1, 0.15) is 23.0 Å². The van der Waals surface area contributed by atoms with Crippen LogP contribution in [-0.4, -0.2) is 5.87 Å². The molecule has 0 aliphatic heterocycles. The zero-order chi connectivity index (χ0) is 23.6. The Morgan fingerprint density at radius 3 is 1.47 bits per heavy atom. The van der Waals surface area contributed by atoms with Crippen molar-refractivity contribution in [2.75, 3.05) is 0 Å². The monoisotopic (exact) mass is 442 g/mol. The van der Waals surface area contributed by atoms with Crippen LogP contribution in [0.15, 0.2) is 109 Å². The summed E-state index contributed by atoms with van der Waals surface area (Å²) in [5, 5.41) is 8.76. The van der Waals surface area contributed by atoms with Gasteiger partial charge in [0.2, 0.25) is 0 Å². The molecule has 0 amide bonds. The Labute approximate surface area is 199 Å². The molecule has 4 aromatic rings. The fourth-order valence-electron chi connectivity index (χ4n) is 3.21. The molecule has 0 N–H and O–H groups in total. The van der Waals surface area contributed by atoms with Crippen molar-refractivity contribution >= 4 is 23.7 Å². The summed E-state index contributed by atoms with van der Waals surface area (Å²) in [6.07, 6.45) is 4.50. The van der Waals surface area contributed by atoms with E-state index in [1.54, 1.807) is 0 Å². The van der Waals surface area contributed by atoms with Crippen molar-refractivity contribution < 1.29 is 9.47 Å². The van der Waals surface area contributed by atoms with Gasteiger partial charge in [0.15, 0.2) is 0 Å². The van der Waals surface area contributed by atoms with Crippen LogP contribution in [0, 0.1) is 11.3 Å². The molecular weight excluding hydrogens is 420 g/mol. The summed E-state index contributed by atoms with van der Waals surface area (Å²) in [4.78, 5) is 4.00. The molecule has 0 aromatic heterocycles. The first kappa shape index (κ1) is 22.4. The fraction of sp³-hybridized carbons (Fsp3) is 0.0333. The van der Waals surface area contributed by atoms with E-state index in [1.807, 2.05) is 97.1 Å². The first-order valence-corrected chi connectivity index (χ1v) is 10.7. The average molecular weight is 443 g/mol. The molecule has 0 bridgehead atoms. The summed E-state index contributed by atoms with van der Waals surface area (Å²) in [6.45, 7) is 3.47. The normalized spacial score (nSPS) is 10.3. The number of hydrogen-bond acceptors (Lipinski definition) is 4. The Bertz CT molecular complexity index is 1340. The maximum absolute atomic E-state index is 8.76. The maximum Gasteiger partial charge on any atom is 0.127 e. The Balaban J connectivity index is 1.33. The SMILES string of the molecule is C=C=Nc1ccc(Oc2ccc(/C=C/c3ccc(Oc4ccc(CC#N)cc4)cc3)cc2)cc1. The molecule has 0 atom stereocenters. The summed E-state index contributed by atoms with van der Waals surface area (Å²) < 4.78 is 11.8. The summed E-state index contributed by atoms with van der Waals surface area (Å²) in [5.41, 5.74) is 3.90. The standard InChI is InChI=1S/C30H22N2O2/c1-2-32-26-11-19-30(20-12-26)34-28-15-7-24(8-16-28)4-3-23-5-13-27(14-6-23)33-29-17-9-25(10-18-29)21-22-31/h3-20H,1,21H2/b4-3+. The molecule has 0 fully saturated rings. The molecule has 0 radical (unpaired) electrons. The van der Waals surface area contributed by atoms with Gasteiger partial charge >= 0.3 is 0 Å². The molecule has 34 heavy (non-hydrogen) atoms. The third kappa shape index (κ3) is 6.34. The minimum Gasteiger partial charge on any atom is -0.457 e. The fourth-order valence-corrected chi connectivity index (χ4v) is 3.21. The summed E-state index contributed by atoms with van der Waals surface area (Å²) in [6, 6.07) is 32.9. The highest BCUT2D eigenvalue weighted by molar-refractivity contribution is 5.70. The number of hydrogen-bond donors (Lipinski definition) is 0. The minimum absolute atomic E-state index is 0.400. The lowest BCUT2D eigenvalue weighted by molar-refractivity contribution is 0.482. The van der Waals surface area contributed by atoms with Gasteiger partial charge in [-0.2, -0.15) is 5.26 Å². The first-order valence-electron chi connectivity index (χ1n) is 10.7. The lowest BCUT2D eigenvalue weighted by Crippen LogP contribution is -1.86. The van der Waals surface area contributed by atoms with Gasteiger partial charge in [-0.25, -0.2) is 4.99 Å². The van der Waals surface area contributed by atoms with Crippen LogP contribution in [0.5, 0.6) is 23.0 Å². The molecule has 0 heterocycles. The van der Waals surface area contributed by atoms with Crippen LogP contribution in [0.1, 0.15) is 16.7 Å². The van der Waals surface area contributed by atoms with Crippen molar-refractivity contribution in [1.29, 1.82) is 5.26 Å². The molecule has 0 aliphatic rings. The second-order valence-electron chi connectivity index (χ2n) is 7.42. The summed E-state index contributed by atoms with van der Waals surface area (Å²) in [5.74, 6) is 5.52. The molecule has 4 nitrogen and oxygen atoms in total. The van der Waals surface area contributed by atoms with E-state index in [9.17, 15) is 0 Å². The Hall–Kier alpha value is -4.84. The lowest BCUT2D eigenvalue weighted by atomic mass is 10.1. The molecule has 0 spiro atoms. The molecular formula is C30H22N2O2. The largest absolute Gasteiger partial charge is 0.457 e. The highest BCUT2D eigenvalue weighted by Crippen LogP contribution is 2.25. The molecule has 164 valence electrons. The highest BCUT2D eigenvalue weighted by Gasteiger charge is 2.00. The van der Waals surface area contributed by atoms with E-state index in [0.29, 0.717) is 6.42 Å². The van der Waals surface area contributed by atoms with Gasteiger partial charge in [0.05, 0.1) is 18.2 Å². The number of nitrogens with zero attached hydrogens (tertiary/aromatic N) is 2. The van der Waals surface area contributed by atoms with Crippen molar-refractivity contribution in [3.05, 3.63) is 120 Å². The lowest BCUT2D eigenvalue weighted by Gasteiger charge is -2.07. The summed E-state index contributed by atoms with van der Waals surface area (Å²) >= 11 is 0. The zero-order valence-electron chi connectivity index (χ0n) is 18.5. The Morgan fingerprint density at radius 2 is 1.06 bits per heavy atom. The van der Waals surface area contributed by atoms with E-state index in [4.69, 9.17) is 14.7 Å². The van der Waals surface area contributed by atoms with Gasteiger partial charge in [-0.15, -0.1) is 0 Å². The third-order valence-electron chi connectivity index (χ3n) is 4.95. The second-order valence-corrected chi connectivity index (χ2v) is 7.42. The van der Waals surface area contributed by atoms with Crippen LogP contribution in [0.3, 0.4) is 0 Å². The Morgan fingerprint density at radius 1 is 0.647 bits per heavy atom. The van der Waals surface area contributed by atoms with E-state index < -0.39 is 0 Å². The number of ether oxygens (including phenoxy) is 2. The van der Waals surface area contributed by atoms with Crippen molar-refractivity contribution in [2.45, 2.75) is 6.42 Å². The topological polar surface area (TPSA) is 54.6 Å². The van der Waals surface area contributed by atoms with Gasteiger partial charge in [-0.3, -0.25) is 0 Å². The van der Waals surface area contributed by atoms with E-state index >= 15 is 0 Å². The predicted octanol–water partition coefficient (Wildman–Crippen LogP) is 7.99. The van der Waals surface area contributed by atoms with E-state index in [2.05, 4.69) is 35.7 Å². The maximum atomic E-state index is 8.76. The third-order valence-corrected chi connectivity index (χ3v) is 4.95. The van der Waals surface area contributed by atoms with Crippen molar-refractivity contribution in [2.24, 2.45) is 4.99 Å². The van der Waals surface area contributed by atoms with Gasteiger partial charge in [-0.1, -0.05) is 48.6 Å². The molecule has 4 aromatic carbocycles. The number of benzene rings is 4. The number of nitriles is 1. The molecule has 0 saturated carbocycles. The van der Waals surface area contributed by atoms with Crippen molar-refractivity contribution in [3.63, 3.8) is 0 Å². The molecule has 0 aliphatic carbocycles. The molecule has 0 saturated heterocycles. The van der Waals surface area contributed by atoms with E-state index in [0.717, 1.165) is 45.4 Å². The quantitative estimate of drug-likeness (QED) is 0.205. The molecule has 0 unspecified atom stereocenters. The van der Waals surface area contributed by atoms with Crippen LogP contribution in [0.25, 0.3) is 12.2 Å². The van der Waals surface area contributed by atoms with Gasteiger partial charge < -0.3 is 9.47 Å². The average Bonchev–Trinajstić information content (AvgIpc) is 2.87. The number of aliphatic imine (C=N–C) groups is 1. The van der Waals surface area contributed by atoms with Crippen LogP contribution in [-0.2, 0) is 6.42 Å². The molecule has 4 rings (SSSR count).